The molecule has 0 spiro atoms. The molecule has 1 heterocycles. The van der Waals surface area contributed by atoms with E-state index in [1.165, 1.54) is 22.2 Å². The van der Waals surface area contributed by atoms with E-state index in [0.29, 0.717) is 0 Å². The number of rotatable bonds is 1. The van der Waals surface area contributed by atoms with Gasteiger partial charge < -0.3 is 4.90 Å². The van der Waals surface area contributed by atoms with E-state index >= 15 is 0 Å². The van der Waals surface area contributed by atoms with Gasteiger partial charge in [-0.15, -0.1) is 23.5 Å². The van der Waals surface area contributed by atoms with Crippen LogP contribution in [-0.4, -0.2) is 30.5 Å². The van der Waals surface area contributed by atoms with Crippen LogP contribution in [0.25, 0.3) is 0 Å². The lowest BCUT2D eigenvalue weighted by molar-refractivity contribution is 0.564. The number of hydrogen-bond acceptors (Lipinski definition) is 3. The molecule has 0 amide bonds. The zero-order chi connectivity index (χ0) is 7.40. The maximum atomic E-state index is 2.20. The molecule has 0 unspecified atom stereocenters. The summed E-state index contributed by atoms with van der Waals surface area (Å²) in [6.45, 7) is 0. The summed E-state index contributed by atoms with van der Waals surface area (Å²) in [5.41, 5.74) is 0. The molecule has 0 atom stereocenters. The fourth-order valence-electron chi connectivity index (χ4n) is 0.731. The highest BCUT2D eigenvalue weighted by molar-refractivity contribution is 8.22. The molecule has 1 aliphatic heterocycles. The maximum Gasteiger partial charge on any atom is 0.0560 e. The van der Waals surface area contributed by atoms with Gasteiger partial charge in [0, 0.05) is 20.3 Å². The minimum absolute atomic E-state index is 1.30. The Hall–Kier alpha value is 0.240. The summed E-state index contributed by atoms with van der Waals surface area (Å²) in [7, 11) is 4.14. The number of hydrogen-bond donors (Lipinski definition) is 0. The summed E-state index contributed by atoms with van der Waals surface area (Å²) in [5, 5.41) is 0. The van der Waals surface area contributed by atoms with Crippen LogP contribution in [0.2, 0.25) is 0 Å². The third kappa shape index (κ3) is 2.88. The Bertz CT molecular complexity index is 124. The Kier molecular flexibility index (Phi) is 3.49. The van der Waals surface area contributed by atoms with Gasteiger partial charge in [-0.25, -0.2) is 0 Å². The third-order valence-corrected chi connectivity index (χ3v) is 3.61. The second-order valence-electron chi connectivity index (χ2n) is 2.46. The first-order valence-electron chi connectivity index (χ1n) is 3.43. The average molecular weight is 175 g/mol. The molecule has 0 saturated carbocycles. The van der Waals surface area contributed by atoms with Gasteiger partial charge in [-0.3, -0.25) is 0 Å². The SMILES string of the molecule is CN(C)C=C1SCCCS1. The molecular weight excluding hydrogens is 162 g/mol. The first kappa shape index (κ1) is 8.34. The molecule has 10 heavy (non-hydrogen) atoms. The zero-order valence-corrected chi connectivity index (χ0v) is 8.10. The van der Waals surface area contributed by atoms with Gasteiger partial charge in [0.25, 0.3) is 0 Å². The molecule has 3 heteroatoms. The molecule has 0 aliphatic carbocycles. The topological polar surface area (TPSA) is 3.24 Å². The zero-order valence-electron chi connectivity index (χ0n) is 6.46. The molecule has 0 radical (unpaired) electrons. The quantitative estimate of drug-likeness (QED) is 0.601. The highest BCUT2D eigenvalue weighted by atomic mass is 32.2. The van der Waals surface area contributed by atoms with Crippen molar-refractivity contribution in [2.45, 2.75) is 6.42 Å². The molecule has 0 aromatic heterocycles. The Morgan fingerprint density at radius 1 is 1.30 bits per heavy atom. The standard InChI is InChI=1S/C7H13NS2/c1-8(2)6-7-9-4-3-5-10-7/h6H,3-5H2,1-2H3. The lowest BCUT2D eigenvalue weighted by Crippen LogP contribution is -2.03. The van der Waals surface area contributed by atoms with Gasteiger partial charge >= 0.3 is 0 Å². The van der Waals surface area contributed by atoms with E-state index in [9.17, 15) is 0 Å². The van der Waals surface area contributed by atoms with Crippen molar-refractivity contribution >= 4 is 23.5 Å². The van der Waals surface area contributed by atoms with Crippen molar-refractivity contribution in [1.29, 1.82) is 0 Å². The first-order valence-corrected chi connectivity index (χ1v) is 5.40. The van der Waals surface area contributed by atoms with Crippen molar-refractivity contribution < 1.29 is 0 Å². The van der Waals surface area contributed by atoms with E-state index in [1.54, 1.807) is 0 Å². The van der Waals surface area contributed by atoms with E-state index in [4.69, 9.17) is 0 Å². The first-order chi connectivity index (χ1) is 4.79. The Labute approximate surface area is 71.2 Å². The van der Waals surface area contributed by atoms with Crippen molar-refractivity contribution in [2.75, 3.05) is 25.6 Å². The van der Waals surface area contributed by atoms with Crippen LogP contribution in [0, 0.1) is 0 Å². The molecule has 0 bridgehead atoms. The molecule has 1 saturated heterocycles. The molecule has 1 nitrogen and oxygen atoms in total. The lowest BCUT2D eigenvalue weighted by atomic mass is 10.6. The number of thioether (sulfide) groups is 2. The Balaban J connectivity index is 2.37. The van der Waals surface area contributed by atoms with Crippen LogP contribution in [0.5, 0.6) is 0 Å². The minimum atomic E-state index is 1.30. The second kappa shape index (κ2) is 4.19. The highest BCUT2D eigenvalue weighted by Crippen LogP contribution is 2.34. The van der Waals surface area contributed by atoms with Crippen molar-refractivity contribution in [1.82, 2.24) is 4.90 Å². The lowest BCUT2D eigenvalue weighted by Gasteiger charge is -2.14. The van der Waals surface area contributed by atoms with Crippen LogP contribution in [0.15, 0.2) is 10.4 Å². The molecule has 58 valence electrons. The van der Waals surface area contributed by atoms with Crippen LogP contribution < -0.4 is 0 Å². The molecule has 1 aliphatic rings. The Morgan fingerprint density at radius 2 is 1.90 bits per heavy atom. The average Bonchev–Trinajstić information content (AvgIpc) is 1.88. The van der Waals surface area contributed by atoms with Gasteiger partial charge in [0.2, 0.25) is 0 Å². The van der Waals surface area contributed by atoms with Crippen LogP contribution in [0.4, 0.5) is 0 Å². The van der Waals surface area contributed by atoms with E-state index in [2.05, 4.69) is 25.2 Å². The summed E-state index contributed by atoms with van der Waals surface area (Å²) < 4.78 is 1.47. The van der Waals surface area contributed by atoms with Crippen LogP contribution >= 0.6 is 23.5 Å². The predicted octanol–water partition coefficient (Wildman–Crippen LogP) is 2.22. The summed E-state index contributed by atoms with van der Waals surface area (Å²) in [6, 6.07) is 0. The predicted molar refractivity (Wildman–Crippen MR) is 51.3 cm³/mol. The van der Waals surface area contributed by atoms with Gasteiger partial charge in [0.15, 0.2) is 0 Å². The smallest absolute Gasteiger partial charge is 0.0560 e. The molecule has 1 fully saturated rings. The minimum Gasteiger partial charge on any atom is -0.382 e. The summed E-state index contributed by atoms with van der Waals surface area (Å²) in [4.78, 5) is 2.11. The molecular formula is C7H13NS2. The maximum absolute atomic E-state index is 2.20. The van der Waals surface area contributed by atoms with Gasteiger partial charge in [-0.1, -0.05) is 0 Å². The summed E-state index contributed by atoms with van der Waals surface area (Å²) in [6.07, 6.45) is 3.56. The van der Waals surface area contributed by atoms with Crippen LogP contribution in [0.3, 0.4) is 0 Å². The second-order valence-corrected chi connectivity index (χ2v) is 4.99. The van der Waals surface area contributed by atoms with E-state index in [0.717, 1.165) is 0 Å². The monoisotopic (exact) mass is 175 g/mol. The van der Waals surface area contributed by atoms with Crippen LogP contribution in [-0.2, 0) is 0 Å². The largest absolute Gasteiger partial charge is 0.382 e. The fourth-order valence-corrected chi connectivity index (χ4v) is 3.30. The summed E-state index contributed by atoms with van der Waals surface area (Å²) >= 11 is 3.95. The molecule has 0 aromatic rings. The van der Waals surface area contributed by atoms with Crippen molar-refractivity contribution in [3.05, 3.63) is 10.4 Å². The highest BCUT2D eigenvalue weighted by Gasteiger charge is 2.05. The van der Waals surface area contributed by atoms with Crippen molar-refractivity contribution in [3.63, 3.8) is 0 Å². The van der Waals surface area contributed by atoms with Crippen molar-refractivity contribution in [2.24, 2.45) is 0 Å². The van der Waals surface area contributed by atoms with Crippen molar-refractivity contribution in [3.8, 4) is 0 Å². The van der Waals surface area contributed by atoms with Gasteiger partial charge in [-0.05, 0) is 17.9 Å². The normalized spacial score (nSPS) is 18.8. The van der Waals surface area contributed by atoms with E-state index in [1.807, 2.05) is 23.5 Å². The van der Waals surface area contributed by atoms with E-state index < -0.39 is 0 Å². The fraction of sp³-hybridized carbons (Fsp3) is 0.714. The van der Waals surface area contributed by atoms with E-state index in [-0.39, 0.29) is 0 Å². The van der Waals surface area contributed by atoms with Gasteiger partial charge in [-0.2, -0.15) is 0 Å². The van der Waals surface area contributed by atoms with Crippen LogP contribution in [0.1, 0.15) is 6.42 Å². The molecule has 0 aromatic carbocycles. The van der Waals surface area contributed by atoms with Gasteiger partial charge in [0.05, 0.1) is 4.24 Å². The van der Waals surface area contributed by atoms with Gasteiger partial charge in [0.1, 0.15) is 0 Å². The summed E-state index contributed by atoms with van der Waals surface area (Å²) in [5.74, 6) is 2.60. The molecule has 1 rings (SSSR count). The third-order valence-electron chi connectivity index (χ3n) is 1.14. The molecule has 0 N–H and O–H groups in total. The number of nitrogens with zero attached hydrogens (tertiary/aromatic N) is 1. The Morgan fingerprint density at radius 3 is 2.40 bits per heavy atom.